The van der Waals surface area contributed by atoms with Gasteiger partial charge in [-0.25, -0.2) is 4.79 Å². The number of carboxylic acid groups (broad SMARTS) is 1. The van der Waals surface area contributed by atoms with Gasteiger partial charge in [-0.3, -0.25) is 19.4 Å². The van der Waals surface area contributed by atoms with Crippen LogP contribution in [0.2, 0.25) is 0 Å². The Kier molecular flexibility index (Phi) is 13.8. The molecule has 0 fully saturated rings. The first-order valence-corrected chi connectivity index (χ1v) is 11.7. The van der Waals surface area contributed by atoms with E-state index >= 15 is 0 Å². The quantitative estimate of drug-likeness (QED) is 0.0888. The van der Waals surface area contributed by atoms with Gasteiger partial charge in [-0.05, 0) is 30.6 Å². The van der Waals surface area contributed by atoms with Gasteiger partial charge >= 0.3 is 5.97 Å². The normalized spacial score (nSPS) is 15.6. The maximum absolute atomic E-state index is 13.0. The van der Waals surface area contributed by atoms with Gasteiger partial charge in [0.2, 0.25) is 17.7 Å². The van der Waals surface area contributed by atoms with E-state index in [-0.39, 0.29) is 23.7 Å². The van der Waals surface area contributed by atoms with Crippen molar-refractivity contribution < 1.29 is 24.3 Å². The number of hydrogen-bond acceptors (Lipinski definition) is 6. The molecule has 34 heavy (non-hydrogen) atoms. The number of amides is 3. The van der Waals surface area contributed by atoms with Crippen LogP contribution in [0.4, 0.5) is 0 Å². The zero-order chi connectivity index (χ0) is 26.6. The fourth-order valence-electron chi connectivity index (χ4n) is 3.15. The topological polar surface area (TPSA) is 215 Å². The lowest BCUT2D eigenvalue weighted by Crippen LogP contribution is -2.60. The second kappa shape index (κ2) is 15.1. The molecule has 196 valence electrons. The summed E-state index contributed by atoms with van der Waals surface area (Å²) < 4.78 is 0. The van der Waals surface area contributed by atoms with Crippen molar-refractivity contribution in [1.29, 1.82) is 0 Å². The SMILES string of the molecule is CCC(C)C(NC(=O)C(NC(=O)C(NC(=O)C(N)CCCN=C(N)N)C(C)C)C(C)C)C(=O)O. The molecule has 10 N–H and O–H groups in total. The lowest BCUT2D eigenvalue weighted by Gasteiger charge is -2.29. The van der Waals surface area contributed by atoms with Crippen LogP contribution in [-0.4, -0.2) is 65.5 Å². The van der Waals surface area contributed by atoms with E-state index in [0.29, 0.717) is 25.8 Å². The second-order valence-corrected chi connectivity index (χ2v) is 9.23. The highest BCUT2D eigenvalue weighted by Crippen LogP contribution is 2.11. The first-order chi connectivity index (χ1) is 15.7. The van der Waals surface area contributed by atoms with Crippen molar-refractivity contribution in [2.45, 2.75) is 85.0 Å². The monoisotopic (exact) mass is 485 g/mol. The number of nitrogens with zero attached hydrogens (tertiary/aromatic N) is 1. The number of nitrogens with two attached hydrogens (primary N) is 3. The summed E-state index contributed by atoms with van der Waals surface area (Å²) in [5, 5.41) is 17.3. The van der Waals surface area contributed by atoms with Gasteiger partial charge in [0.1, 0.15) is 18.1 Å². The Bertz CT molecular complexity index is 722. The number of hydrogen-bond donors (Lipinski definition) is 7. The molecule has 0 heterocycles. The van der Waals surface area contributed by atoms with Crippen molar-refractivity contribution in [3.05, 3.63) is 0 Å². The molecule has 0 aromatic carbocycles. The minimum absolute atomic E-state index is 0.0443. The Balaban J connectivity index is 5.27. The lowest BCUT2D eigenvalue weighted by atomic mass is 9.96. The second-order valence-electron chi connectivity index (χ2n) is 9.23. The summed E-state index contributed by atoms with van der Waals surface area (Å²) >= 11 is 0. The van der Waals surface area contributed by atoms with Crippen molar-refractivity contribution in [3.8, 4) is 0 Å². The van der Waals surface area contributed by atoms with Crippen LogP contribution in [0.1, 0.15) is 60.8 Å². The van der Waals surface area contributed by atoms with E-state index in [0.717, 1.165) is 0 Å². The summed E-state index contributed by atoms with van der Waals surface area (Å²) in [5.74, 6) is -3.75. The number of carbonyl (C=O) groups is 4. The van der Waals surface area contributed by atoms with Gasteiger partial charge in [0.15, 0.2) is 5.96 Å². The van der Waals surface area contributed by atoms with E-state index in [1.54, 1.807) is 34.6 Å². The number of aliphatic imine (C=N–C) groups is 1. The van der Waals surface area contributed by atoms with E-state index in [1.165, 1.54) is 0 Å². The van der Waals surface area contributed by atoms with Crippen LogP contribution >= 0.6 is 0 Å². The van der Waals surface area contributed by atoms with Crippen molar-refractivity contribution in [2.24, 2.45) is 39.9 Å². The van der Waals surface area contributed by atoms with Gasteiger partial charge in [0.25, 0.3) is 0 Å². The van der Waals surface area contributed by atoms with Gasteiger partial charge in [0, 0.05) is 6.54 Å². The molecule has 5 atom stereocenters. The van der Waals surface area contributed by atoms with E-state index in [2.05, 4.69) is 20.9 Å². The average molecular weight is 486 g/mol. The van der Waals surface area contributed by atoms with Crippen LogP contribution in [-0.2, 0) is 19.2 Å². The summed E-state index contributed by atoms with van der Waals surface area (Å²) in [7, 11) is 0. The zero-order valence-electron chi connectivity index (χ0n) is 21.1. The first-order valence-electron chi connectivity index (χ1n) is 11.7. The fourth-order valence-corrected chi connectivity index (χ4v) is 3.15. The van der Waals surface area contributed by atoms with Gasteiger partial charge in [-0.15, -0.1) is 0 Å². The Labute approximate surface area is 201 Å². The molecular weight excluding hydrogens is 442 g/mol. The average Bonchev–Trinajstić information content (AvgIpc) is 2.74. The van der Waals surface area contributed by atoms with Gasteiger partial charge in [-0.2, -0.15) is 0 Å². The Morgan fingerprint density at radius 2 is 1.26 bits per heavy atom. The smallest absolute Gasteiger partial charge is 0.326 e. The molecule has 12 nitrogen and oxygen atoms in total. The number of aliphatic carboxylic acids is 1. The third-order valence-electron chi connectivity index (χ3n) is 5.57. The molecule has 0 aliphatic heterocycles. The highest BCUT2D eigenvalue weighted by molar-refractivity contribution is 5.94. The molecule has 0 aliphatic carbocycles. The Morgan fingerprint density at radius 1 is 0.824 bits per heavy atom. The summed E-state index contributed by atoms with van der Waals surface area (Å²) in [6.07, 6.45) is 1.36. The minimum atomic E-state index is -1.14. The largest absolute Gasteiger partial charge is 0.480 e. The number of guanidine groups is 1. The minimum Gasteiger partial charge on any atom is -0.480 e. The van der Waals surface area contributed by atoms with Gasteiger partial charge in [-0.1, -0.05) is 48.0 Å². The maximum Gasteiger partial charge on any atom is 0.326 e. The molecule has 0 rings (SSSR count). The summed E-state index contributed by atoms with van der Waals surface area (Å²) in [5.41, 5.74) is 16.5. The van der Waals surface area contributed by atoms with Crippen LogP contribution in [0, 0.1) is 17.8 Å². The Hall–Kier alpha value is -2.89. The van der Waals surface area contributed by atoms with Crippen LogP contribution in [0.15, 0.2) is 4.99 Å². The first kappa shape index (κ1) is 31.1. The van der Waals surface area contributed by atoms with Crippen molar-refractivity contribution in [1.82, 2.24) is 16.0 Å². The lowest BCUT2D eigenvalue weighted by molar-refractivity contribution is -0.144. The highest BCUT2D eigenvalue weighted by atomic mass is 16.4. The molecule has 5 unspecified atom stereocenters. The van der Waals surface area contributed by atoms with Crippen molar-refractivity contribution in [2.75, 3.05) is 6.54 Å². The molecule has 0 spiro atoms. The summed E-state index contributed by atoms with van der Waals surface area (Å²) in [6.45, 7) is 10.9. The maximum atomic E-state index is 13.0. The third-order valence-corrected chi connectivity index (χ3v) is 5.57. The van der Waals surface area contributed by atoms with Crippen LogP contribution in [0.5, 0.6) is 0 Å². The highest BCUT2D eigenvalue weighted by Gasteiger charge is 2.34. The molecule has 0 aromatic heterocycles. The molecule has 0 aliphatic rings. The molecule has 3 amide bonds. The standard InChI is InChI=1S/C22H43N7O5/c1-7-13(6)17(21(33)34)29-20(32)16(12(4)5)28-19(31)15(11(2)3)27-18(30)14(23)9-8-10-26-22(24)25/h11-17H,7-10,23H2,1-6H3,(H,27,30)(H,28,31)(H,29,32)(H,33,34)(H4,24,25,26). The number of carboxylic acids is 1. The molecule has 0 aromatic rings. The summed E-state index contributed by atoms with van der Waals surface area (Å²) in [4.78, 5) is 53.8. The molecule has 0 bridgehead atoms. The van der Waals surface area contributed by atoms with E-state index in [9.17, 15) is 24.3 Å². The third kappa shape index (κ3) is 10.8. The van der Waals surface area contributed by atoms with E-state index in [1.807, 2.05) is 6.92 Å². The predicted octanol–water partition coefficient (Wildman–Crippen LogP) is -0.736. The summed E-state index contributed by atoms with van der Waals surface area (Å²) in [6, 6.07) is -3.85. The van der Waals surface area contributed by atoms with Crippen molar-refractivity contribution in [3.63, 3.8) is 0 Å². The van der Waals surface area contributed by atoms with Gasteiger partial charge < -0.3 is 38.3 Å². The van der Waals surface area contributed by atoms with Crippen LogP contribution < -0.4 is 33.2 Å². The fraction of sp³-hybridized carbons (Fsp3) is 0.773. The molecule has 12 heteroatoms. The van der Waals surface area contributed by atoms with E-state index < -0.39 is 47.9 Å². The molecule has 0 saturated heterocycles. The zero-order valence-corrected chi connectivity index (χ0v) is 21.1. The van der Waals surface area contributed by atoms with Crippen molar-refractivity contribution >= 4 is 29.7 Å². The van der Waals surface area contributed by atoms with E-state index in [4.69, 9.17) is 17.2 Å². The number of nitrogens with one attached hydrogen (secondary N) is 3. The number of carbonyl (C=O) groups excluding carboxylic acids is 3. The molecule has 0 radical (unpaired) electrons. The number of rotatable bonds is 15. The predicted molar refractivity (Wildman–Crippen MR) is 130 cm³/mol. The van der Waals surface area contributed by atoms with Crippen LogP contribution in [0.25, 0.3) is 0 Å². The molecular formula is C22H43N7O5. The van der Waals surface area contributed by atoms with Gasteiger partial charge in [0.05, 0.1) is 6.04 Å². The molecule has 0 saturated carbocycles. The van der Waals surface area contributed by atoms with Crippen LogP contribution in [0.3, 0.4) is 0 Å². The Morgan fingerprint density at radius 3 is 1.65 bits per heavy atom.